The van der Waals surface area contributed by atoms with E-state index in [4.69, 9.17) is 4.98 Å². The number of rotatable bonds is 1. The lowest BCUT2D eigenvalue weighted by molar-refractivity contribution is 0.996. The molecule has 2 aromatic carbocycles. The average molecular weight is 289 g/mol. The molecule has 0 unspecified atom stereocenters. The van der Waals surface area contributed by atoms with Crippen LogP contribution in [0.25, 0.3) is 22.5 Å². The zero-order valence-electron chi connectivity index (χ0n) is 13.4. The Kier molecular flexibility index (Phi) is 2.67. The van der Waals surface area contributed by atoms with Crippen molar-refractivity contribution in [1.82, 2.24) is 14.0 Å². The molecule has 4 aromatic rings. The Balaban J connectivity index is 2.21. The van der Waals surface area contributed by atoms with Crippen LogP contribution in [0.4, 0.5) is 0 Å². The molecule has 0 N–H and O–H groups in total. The van der Waals surface area contributed by atoms with Gasteiger partial charge in [-0.1, -0.05) is 30.3 Å². The molecule has 0 saturated carbocycles. The third-order valence-electron chi connectivity index (χ3n) is 4.60. The fraction of sp³-hybridized carbons (Fsp3) is 0.211. The third kappa shape index (κ3) is 1.59. The smallest absolute Gasteiger partial charge is 0.220 e. The van der Waals surface area contributed by atoms with E-state index < -0.39 is 0 Å². The molecule has 0 fully saturated rings. The van der Waals surface area contributed by atoms with Gasteiger partial charge in [0, 0.05) is 11.4 Å². The predicted molar refractivity (Wildman–Crippen MR) is 91.0 cm³/mol. The SMILES string of the molecule is Cc1cccc(C)c1-n1c(C)c(C)n2c3ccccc3nc12. The van der Waals surface area contributed by atoms with E-state index in [1.807, 2.05) is 6.07 Å². The lowest BCUT2D eigenvalue weighted by Gasteiger charge is -2.13. The summed E-state index contributed by atoms with van der Waals surface area (Å²) in [5, 5.41) is 0. The normalized spacial score (nSPS) is 11.6. The summed E-state index contributed by atoms with van der Waals surface area (Å²) in [5.41, 5.74) is 8.48. The first kappa shape index (κ1) is 13.1. The van der Waals surface area contributed by atoms with Crippen molar-refractivity contribution in [2.24, 2.45) is 0 Å². The number of aromatic nitrogens is 3. The van der Waals surface area contributed by atoms with Gasteiger partial charge in [0.15, 0.2) is 0 Å². The van der Waals surface area contributed by atoms with Crippen molar-refractivity contribution >= 4 is 16.8 Å². The molecule has 110 valence electrons. The molecule has 0 aliphatic heterocycles. The maximum absolute atomic E-state index is 4.88. The maximum Gasteiger partial charge on any atom is 0.220 e. The summed E-state index contributed by atoms with van der Waals surface area (Å²) in [6, 6.07) is 14.8. The molecule has 0 atom stereocenters. The molecule has 0 bridgehead atoms. The van der Waals surface area contributed by atoms with Crippen LogP contribution in [0.2, 0.25) is 0 Å². The van der Waals surface area contributed by atoms with Crippen molar-refractivity contribution in [3.8, 4) is 5.69 Å². The van der Waals surface area contributed by atoms with Gasteiger partial charge in [-0.15, -0.1) is 0 Å². The van der Waals surface area contributed by atoms with Crippen LogP contribution in [0.3, 0.4) is 0 Å². The Morgan fingerprint density at radius 1 is 0.773 bits per heavy atom. The third-order valence-corrected chi connectivity index (χ3v) is 4.60. The number of hydrogen-bond donors (Lipinski definition) is 0. The number of aryl methyl sites for hydroxylation is 3. The van der Waals surface area contributed by atoms with Gasteiger partial charge in [0.2, 0.25) is 5.78 Å². The van der Waals surface area contributed by atoms with Crippen LogP contribution in [-0.4, -0.2) is 14.0 Å². The lowest BCUT2D eigenvalue weighted by atomic mass is 10.1. The van der Waals surface area contributed by atoms with Crippen LogP contribution in [0.5, 0.6) is 0 Å². The first-order valence-corrected chi connectivity index (χ1v) is 7.61. The highest BCUT2D eigenvalue weighted by molar-refractivity contribution is 5.81. The second-order valence-electron chi connectivity index (χ2n) is 5.98. The zero-order valence-corrected chi connectivity index (χ0v) is 13.4. The molecule has 2 aromatic heterocycles. The molecule has 2 heterocycles. The van der Waals surface area contributed by atoms with E-state index in [0.29, 0.717) is 0 Å². The summed E-state index contributed by atoms with van der Waals surface area (Å²) in [7, 11) is 0. The molecule has 0 radical (unpaired) electrons. The van der Waals surface area contributed by atoms with Crippen LogP contribution in [0, 0.1) is 27.7 Å². The minimum Gasteiger partial charge on any atom is -0.282 e. The monoisotopic (exact) mass is 289 g/mol. The van der Waals surface area contributed by atoms with Gasteiger partial charge >= 0.3 is 0 Å². The standard InChI is InChI=1S/C19H19N3/c1-12-8-7-9-13(2)18(12)22-15(4)14(3)21-17-11-6-5-10-16(17)20-19(21)22/h5-11H,1-4H3. The Morgan fingerprint density at radius 2 is 1.45 bits per heavy atom. The molecule has 22 heavy (non-hydrogen) atoms. The summed E-state index contributed by atoms with van der Waals surface area (Å²) >= 11 is 0. The van der Waals surface area contributed by atoms with Gasteiger partial charge in [-0.3, -0.25) is 8.97 Å². The summed E-state index contributed by atoms with van der Waals surface area (Å²) < 4.78 is 4.55. The molecule has 3 heteroatoms. The summed E-state index contributed by atoms with van der Waals surface area (Å²) in [4.78, 5) is 4.88. The quantitative estimate of drug-likeness (QED) is 0.505. The van der Waals surface area contributed by atoms with Crippen molar-refractivity contribution < 1.29 is 0 Å². The van der Waals surface area contributed by atoms with Gasteiger partial charge in [-0.05, 0) is 51.0 Å². The van der Waals surface area contributed by atoms with Gasteiger partial charge in [0.25, 0.3) is 0 Å². The molecule has 0 saturated heterocycles. The largest absolute Gasteiger partial charge is 0.282 e. The number of benzene rings is 2. The van der Waals surface area contributed by atoms with Crippen molar-refractivity contribution in [2.45, 2.75) is 27.7 Å². The van der Waals surface area contributed by atoms with E-state index >= 15 is 0 Å². The molecular formula is C19H19N3. The Hall–Kier alpha value is -2.55. The van der Waals surface area contributed by atoms with Gasteiger partial charge < -0.3 is 0 Å². The van der Waals surface area contributed by atoms with E-state index in [-0.39, 0.29) is 0 Å². The van der Waals surface area contributed by atoms with Crippen LogP contribution >= 0.6 is 0 Å². The van der Waals surface area contributed by atoms with Crippen LogP contribution in [0.15, 0.2) is 42.5 Å². The maximum atomic E-state index is 4.88. The Bertz CT molecular complexity index is 998. The second kappa shape index (κ2) is 4.47. The molecular weight excluding hydrogens is 270 g/mol. The summed E-state index contributed by atoms with van der Waals surface area (Å²) in [5.74, 6) is 0.994. The fourth-order valence-electron chi connectivity index (χ4n) is 3.39. The highest BCUT2D eigenvalue weighted by Crippen LogP contribution is 2.29. The van der Waals surface area contributed by atoms with Gasteiger partial charge in [0.1, 0.15) is 0 Å². The molecule has 3 nitrogen and oxygen atoms in total. The first-order chi connectivity index (χ1) is 10.6. The van der Waals surface area contributed by atoms with Crippen LogP contribution < -0.4 is 0 Å². The van der Waals surface area contributed by atoms with Crippen molar-refractivity contribution in [3.05, 3.63) is 65.0 Å². The van der Waals surface area contributed by atoms with E-state index in [0.717, 1.165) is 11.3 Å². The van der Waals surface area contributed by atoms with Gasteiger partial charge in [-0.2, -0.15) is 0 Å². The number of para-hydroxylation sites is 3. The van der Waals surface area contributed by atoms with Crippen molar-refractivity contribution in [1.29, 1.82) is 0 Å². The lowest BCUT2D eigenvalue weighted by Crippen LogP contribution is -2.02. The highest BCUT2D eigenvalue weighted by Gasteiger charge is 2.18. The van der Waals surface area contributed by atoms with Crippen molar-refractivity contribution in [2.75, 3.05) is 0 Å². The molecule has 0 spiro atoms. The van der Waals surface area contributed by atoms with Crippen LogP contribution in [0.1, 0.15) is 22.5 Å². The topological polar surface area (TPSA) is 22.2 Å². The van der Waals surface area contributed by atoms with E-state index in [9.17, 15) is 0 Å². The zero-order chi connectivity index (χ0) is 15.4. The van der Waals surface area contributed by atoms with E-state index in [1.165, 1.54) is 33.7 Å². The second-order valence-corrected chi connectivity index (χ2v) is 5.98. The average Bonchev–Trinajstić information content (AvgIpc) is 2.98. The predicted octanol–water partition coefficient (Wildman–Crippen LogP) is 4.51. The van der Waals surface area contributed by atoms with Crippen molar-refractivity contribution in [3.63, 3.8) is 0 Å². The Morgan fingerprint density at radius 3 is 2.18 bits per heavy atom. The van der Waals surface area contributed by atoms with E-state index in [1.54, 1.807) is 0 Å². The van der Waals surface area contributed by atoms with Gasteiger partial charge in [-0.25, -0.2) is 4.98 Å². The molecule has 0 aliphatic carbocycles. The highest BCUT2D eigenvalue weighted by atomic mass is 15.2. The molecule has 0 amide bonds. The Labute approximate surface area is 129 Å². The van der Waals surface area contributed by atoms with Crippen LogP contribution in [-0.2, 0) is 0 Å². The minimum absolute atomic E-state index is 0.994. The summed E-state index contributed by atoms with van der Waals surface area (Å²) in [6.45, 7) is 8.66. The van der Waals surface area contributed by atoms with Gasteiger partial charge in [0.05, 0.1) is 16.7 Å². The van der Waals surface area contributed by atoms with E-state index in [2.05, 4.69) is 73.1 Å². The number of imidazole rings is 2. The number of hydrogen-bond acceptors (Lipinski definition) is 1. The molecule has 0 aliphatic rings. The number of fused-ring (bicyclic) bond motifs is 3. The minimum atomic E-state index is 0.994. The molecule has 4 rings (SSSR count). The summed E-state index contributed by atoms with van der Waals surface area (Å²) in [6.07, 6.45) is 0. The number of nitrogens with zero attached hydrogens (tertiary/aromatic N) is 3. The fourth-order valence-corrected chi connectivity index (χ4v) is 3.39. The first-order valence-electron chi connectivity index (χ1n) is 7.61.